The molecule has 1 N–H and O–H groups in total. The van der Waals surface area contributed by atoms with Crippen molar-refractivity contribution >= 4 is 21.1 Å². The largest absolute Gasteiger partial charge is 0.419 e. The number of aryl methyl sites for hydroxylation is 1. The zero-order chi connectivity index (χ0) is 19.7. The van der Waals surface area contributed by atoms with Crippen LogP contribution in [0.4, 0.5) is 0 Å². The van der Waals surface area contributed by atoms with E-state index in [0.29, 0.717) is 29.3 Å². The molecule has 0 saturated carbocycles. The van der Waals surface area contributed by atoms with Gasteiger partial charge in [0.25, 0.3) is 0 Å². The molecule has 0 saturated heterocycles. The molecular formula is C17H16N6O4S. The highest BCUT2D eigenvalue weighted by Gasteiger charge is 2.17. The number of fused-ring (bicyclic) bond motifs is 1. The molecule has 0 amide bonds. The Kier molecular flexibility index (Phi) is 4.53. The van der Waals surface area contributed by atoms with Gasteiger partial charge in [-0.1, -0.05) is 0 Å². The van der Waals surface area contributed by atoms with Gasteiger partial charge in [0, 0.05) is 44.9 Å². The molecule has 4 aromatic rings. The molecular weight excluding hydrogens is 384 g/mol. The molecule has 0 atom stereocenters. The number of rotatable bonds is 6. The maximum Gasteiger partial charge on any atom is 0.419 e. The summed E-state index contributed by atoms with van der Waals surface area (Å²) in [5.74, 6) is 0.463. The molecule has 11 heteroatoms. The molecule has 10 nitrogen and oxygen atoms in total. The summed E-state index contributed by atoms with van der Waals surface area (Å²) in [6, 6.07) is 5.97. The Morgan fingerprint density at radius 1 is 1.14 bits per heavy atom. The van der Waals surface area contributed by atoms with E-state index in [0.717, 1.165) is 0 Å². The van der Waals surface area contributed by atoms with Crippen molar-refractivity contribution in [1.29, 1.82) is 0 Å². The SMILES string of the molecule is Cn1c(=O)oc2ccc(S(=O)(=O)NCCn3ccnc3-c3ncccn3)cc21. The molecule has 28 heavy (non-hydrogen) atoms. The van der Waals surface area contributed by atoms with Crippen LogP contribution in [0.25, 0.3) is 22.7 Å². The Morgan fingerprint density at radius 2 is 1.93 bits per heavy atom. The van der Waals surface area contributed by atoms with E-state index in [-0.39, 0.29) is 11.4 Å². The molecule has 4 rings (SSSR count). The lowest BCUT2D eigenvalue weighted by atomic mass is 10.3. The van der Waals surface area contributed by atoms with E-state index in [1.54, 1.807) is 35.4 Å². The maximum atomic E-state index is 12.6. The second kappa shape index (κ2) is 7.02. The summed E-state index contributed by atoms with van der Waals surface area (Å²) in [5, 5.41) is 0. The van der Waals surface area contributed by atoms with E-state index in [9.17, 15) is 13.2 Å². The van der Waals surface area contributed by atoms with E-state index in [1.165, 1.54) is 29.8 Å². The smallest absolute Gasteiger partial charge is 0.408 e. The van der Waals surface area contributed by atoms with Crippen molar-refractivity contribution in [3.8, 4) is 11.6 Å². The van der Waals surface area contributed by atoms with Gasteiger partial charge in [0.2, 0.25) is 10.0 Å². The second-order valence-corrected chi connectivity index (χ2v) is 7.74. The Labute approximate surface area is 159 Å². The van der Waals surface area contributed by atoms with Crippen molar-refractivity contribution in [1.82, 2.24) is 28.8 Å². The number of sulfonamides is 1. The summed E-state index contributed by atoms with van der Waals surface area (Å²) in [4.78, 5) is 24.1. The highest BCUT2D eigenvalue weighted by molar-refractivity contribution is 7.89. The number of aromatic nitrogens is 5. The van der Waals surface area contributed by atoms with Gasteiger partial charge in [0.1, 0.15) is 0 Å². The molecule has 0 radical (unpaired) electrons. The van der Waals surface area contributed by atoms with Crippen molar-refractivity contribution in [3.63, 3.8) is 0 Å². The summed E-state index contributed by atoms with van der Waals surface area (Å²) >= 11 is 0. The molecule has 0 spiro atoms. The first-order valence-corrected chi connectivity index (χ1v) is 9.82. The van der Waals surface area contributed by atoms with Crippen LogP contribution in [0.1, 0.15) is 0 Å². The van der Waals surface area contributed by atoms with Crippen LogP contribution in [0.15, 0.2) is 63.2 Å². The van der Waals surface area contributed by atoms with Crippen molar-refractivity contribution in [2.24, 2.45) is 7.05 Å². The van der Waals surface area contributed by atoms with Crippen LogP contribution >= 0.6 is 0 Å². The Bertz CT molecular complexity index is 1290. The van der Waals surface area contributed by atoms with E-state index < -0.39 is 15.8 Å². The van der Waals surface area contributed by atoms with Crippen molar-refractivity contribution < 1.29 is 12.8 Å². The Hall–Kier alpha value is -3.31. The monoisotopic (exact) mass is 400 g/mol. The molecule has 0 aliphatic heterocycles. The molecule has 0 aliphatic carbocycles. The predicted octanol–water partition coefficient (Wildman–Crippen LogP) is 0.763. The Balaban J connectivity index is 1.50. The van der Waals surface area contributed by atoms with Crippen LogP contribution in [0.5, 0.6) is 0 Å². The lowest BCUT2D eigenvalue weighted by Gasteiger charge is -2.09. The van der Waals surface area contributed by atoms with Crippen molar-refractivity contribution in [2.45, 2.75) is 11.4 Å². The van der Waals surface area contributed by atoms with E-state index in [4.69, 9.17) is 4.42 Å². The standard InChI is InChI=1S/C17H16N6O4S/c1-22-13-11-12(3-4-14(13)27-17(22)24)28(25,26)21-8-10-23-9-7-20-16(23)15-18-5-2-6-19-15/h2-7,9,11,21H,8,10H2,1H3. The van der Waals surface area contributed by atoms with Gasteiger partial charge >= 0.3 is 5.76 Å². The van der Waals surface area contributed by atoms with Gasteiger partial charge in [-0.25, -0.2) is 32.9 Å². The molecule has 3 heterocycles. The minimum absolute atomic E-state index is 0.0497. The van der Waals surface area contributed by atoms with E-state index in [1.807, 2.05) is 0 Å². The molecule has 0 fully saturated rings. The van der Waals surface area contributed by atoms with Gasteiger partial charge in [-0.2, -0.15) is 0 Å². The molecule has 0 aliphatic rings. The molecule has 1 aromatic carbocycles. The van der Waals surface area contributed by atoms with Crippen LogP contribution in [0, 0.1) is 0 Å². The number of hydrogen-bond donors (Lipinski definition) is 1. The molecule has 0 unspecified atom stereocenters. The van der Waals surface area contributed by atoms with E-state index >= 15 is 0 Å². The minimum atomic E-state index is -3.76. The number of hydrogen-bond acceptors (Lipinski definition) is 7. The van der Waals surface area contributed by atoms with Crippen LogP contribution < -0.4 is 10.5 Å². The predicted molar refractivity (Wildman–Crippen MR) is 99.9 cm³/mol. The summed E-state index contributed by atoms with van der Waals surface area (Å²) in [6.45, 7) is 0.486. The van der Waals surface area contributed by atoms with Gasteiger partial charge in [0.05, 0.1) is 10.4 Å². The third kappa shape index (κ3) is 3.32. The number of nitrogens with zero attached hydrogens (tertiary/aromatic N) is 5. The van der Waals surface area contributed by atoms with Crippen molar-refractivity contribution in [3.05, 3.63) is 59.6 Å². The topological polar surface area (TPSA) is 125 Å². The zero-order valence-corrected chi connectivity index (χ0v) is 15.6. The zero-order valence-electron chi connectivity index (χ0n) is 14.8. The average Bonchev–Trinajstić information content (AvgIpc) is 3.27. The quantitative estimate of drug-likeness (QED) is 0.507. The summed E-state index contributed by atoms with van der Waals surface area (Å²) in [5.41, 5.74) is 0.739. The van der Waals surface area contributed by atoms with Gasteiger partial charge in [0.15, 0.2) is 17.2 Å². The normalized spacial score (nSPS) is 11.9. The van der Waals surface area contributed by atoms with Crippen LogP contribution in [0.3, 0.4) is 0 Å². The third-order valence-corrected chi connectivity index (χ3v) is 5.66. The fraction of sp³-hybridized carbons (Fsp3) is 0.176. The third-order valence-electron chi connectivity index (χ3n) is 4.20. The van der Waals surface area contributed by atoms with Gasteiger partial charge in [-0.15, -0.1) is 0 Å². The first-order chi connectivity index (χ1) is 13.5. The van der Waals surface area contributed by atoms with E-state index in [2.05, 4.69) is 19.7 Å². The highest BCUT2D eigenvalue weighted by Crippen LogP contribution is 2.18. The summed E-state index contributed by atoms with van der Waals surface area (Å²) in [7, 11) is -2.24. The number of nitrogens with one attached hydrogen (secondary N) is 1. The number of oxazole rings is 1. The van der Waals surface area contributed by atoms with Crippen LogP contribution in [-0.2, 0) is 23.6 Å². The number of benzene rings is 1. The number of imidazole rings is 1. The van der Waals surface area contributed by atoms with Gasteiger partial charge < -0.3 is 8.98 Å². The maximum absolute atomic E-state index is 12.6. The second-order valence-electron chi connectivity index (χ2n) is 5.97. The minimum Gasteiger partial charge on any atom is -0.408 e. The first kappa shape index (κ1) is 18.1. The van der Waals surface area contributed by atoms with Crippen molar-refractivity contribution in [2.75, 3.05) is 6.54 Å². The molecule has 0 bridgehead atoms. The summed E-state index contributed by atoms with van der Waals surface area (Å²) in [6.07, 6.45) is 6.56. The molecule has 144 valence electrons. The van der Waals surface area contributed by atoms with Gasteiger partial charge in [-0.05, 0) is 24.3 Å². The highest BCUT2D eigenvalue weighted by atomic mass is 32.2. The lowest BCUT2D eigenvalue weighted by Crippen LogP contribution is -2.27. The van der Waals surface area contributed by atoms with Crippen LogP contribution in [0.2, 0.25) is 0 Å². The average molecular weight is 400 g/mol. The molecule has 3 aromatic heterocycles. The van der Waals surface area contributed by atoms with Crippen LogP contribution in [-0.4, -0.2) is 39.0 Å². The first-order valence-electron chi connectivity index (χ1n) is 8.33. The fourth-order valence-corrected chi connectivity index (χ4v) is 3.81. The van der Waals surface area contributed by atoms with Gasteiger partial charge in [-0.3, -0.25) is 4.57 Å². The summed E-state index contributed by atoms with van der Waals surface area (Å²) < 4.78 is 35.8. The Morgan fingerprint density at radius 3 is 2.71 bits per heavy atom. The lowest BCUT2D eigenvalue weighted by molar-refractivity contribution is 0.528. The fourth-order valence-electron chi connectivity index (χ4n) is 2.77.